The first-order valence-corrected chi connectivity index (χ1v) is 6.75. The summed E-state index contributed by atoms with van der Waals surface area (Å²) in [5.41, 5.74) is 0.887. The lowest BCUT2D eigenvalue weighted by atomic mass is 10.2. The van der Waals surface area contributed by atoms with Crippen molar-refractivity contribution in [2.75, 3.05) is 20.3 Å². The molecule has 0 saturated carbocycles. The number of nitrogens with one attached hydrogen (secondary N) is 1. The molecule has 0 amide bonds. The first-order valence-electron chi connectivity index (χ1n) is 4.73. The molecule has 1 N–H and O–H groups in total. The van der Waals surface area contributed by atoms with E-state index in [1.807, 2.05) is 0 Å². The lowest BCUT2D eigenvalue weighted by molar-refractivity contribution is 0.204. The average Bonchev–Trinajstić information content (AvgIpc) is 2.29. The minimum Gasteiger partial charge on any atom is -0.383 e. The number of sulfonamides is 1. The Morgan fingerprint density at radius 2 is 1.94 bits per heavy atom. The van der Waals surface area contributed by atoms with Crippen molar-refractivity contribution in [3.05, 3.63) is 29.8 Å². The summed E-state index contributed by atoms with van der Waals surface area (Å²) in [5.74, 6) is 0.372. The third kappa shape index (κ3) is 3.75. The van der Waals surface area contributed by atoms with Gasteiger partial charge in [-0.3, -0.25) is 0 Å². The monoisotopic (exact) mass is 263 g/mol. The number of rotatable bonds is 6. The number of hydrogen-bond acceptors (Lipinski definition) is 3. The Kier molecular flexibility index (Phi) is 5.21. The summed E-state index contributed by atoms with van der Waals surface area (Å²) in [5, 5.41) is 0. The van der Waals surface area contributed by atoms with Crippen molar-refractivity contribution < 1.29 is 13.2 Å². The fraction of sp³-hybridized carbons (Fsp3) is 0.400. The summed E-state index contributed by atoms with van der Waals surface area (Å²) in [6.45, 7) is 0.606. The van der Waals surface area contributed by atoms with Gasteiger partial charge in [-0.05, 0) is 17.7 Å². The van der Waals surface area contributed by atoms with Crippen LogP contribution in [0.4, 0.5) is 0 Å². The zero-order valence-electron chi connectivity index (χ0n) is 8.94. The van der Waals surface area contributed by atoms with Gasteiger partial charge < -0.3 is 4.74 Å². The molecule has 0 radical (unpaired) electrons. The van der Waals surface area contributed by atoms with E-state index in [2.05, 4.69) is 4.72 Å². The lowest BCUT2D eigenvalue weighted by Gasteiger charge is -2.06. The first-order chi connectivity index (χ1) is 7.60. The third-order valence-electron chi connectivity index (χ3n) is 1.99. The normalized spacial score (nSPS) is 11.6. The molecule has 0 aliphatic rings. The van der Waals surface area contributed by atoms with E-state index in [0.717, 1.165) is 5.56 Å². The zero-order valence-corrected chi connectivity index (χ0v) is 10.5. The molecule has 90 valence electrons. The van der Waals surface area contributed by atoms with Crippen molar-refractivity contribution in [3.8, 4) is 0 Å². The van der Waals surface area contributed by atoms with E-state index in [-0.39, 0.29) is 11.4 Å². The van der Waals surface area contributed by atoms with Gasteiger partial charge in [0.05, 0.1) is 11.5 Å². The molecule has 6 heteroatoms. The first kappa shape index (κ1) is 13.4. The van der Waals surface area contributed by atoms with Gasteiger partial charge in [-0.15, -0.1) is 11.6 Å². The smallest absolute Gasteiger partial charge is 0.240 e. The molecule has 0 aliphatic carbocycles. The molecule has 16 heavy (non-hydrogen) atoms. The summed E-state index contributed by atoms with van der Waals surface area (Å²) in [6.07, 6.45) is 0. The molecule has 0 spiro atoms. The Morgan fingerprint density at radius 3 is 2.44 bits per heavy atom. The molecule has 0 fully saturated rings. The molecule has 0 saturated heterocycles. The van der Waals surface area contributed by atoms with Gasteiger partial charge in [0.2, 0.25) is 10.0 Å². The van der Waals surface area contributed by atoms with Gasteiger partial charge in [-0.2, -0.15) is 0 Å². The SMILES string of the molecule is COCCNS(=O)(=O)c1ccc(CCl)cc1. The van der Waals surface area contributed by atoms with Crippen LogP contribution in [0.5, 0.6) is 0 Å². The van der Waals surface area contributed by atoms with Crippen LogP contribution in [0.25, 0.3) is 0 Å². The van der Waals surface area contributed by atoms with Gasteiger partial charge in [-0.25, -0.2) is 13.1 Å². The standard InChI is InChI=1S/C10H14ClNO3S/c1-15-7-6-12-16(13,14)10-4-2-9(8-11)3-5-10/h2-5,12H,6-8H2,1H3. The van der Waals surface area contributed by atoms with E-state index in [1.165, 1.54) is 19.2 Å². The van der Waals surface area contributed by atoms with Crippen molar-refractivity contribution in [1.82, 2.24) is 4.72 Å². The topological polar surface area (TPSA) is 55.4 Å². The maximum absolute atomic E-state index is 11.7. The fourth-order valence-corrected chi connectivity index (χ4v) is 2.31. The van der Waals surface area contributed by atoms with Crippen molar-refractivity contribution >= 4 is 21.6 Å². The summed E-state index contributed by atoms with van der Waals surface area (Å²) in [6, 6.07) is 6.45. The van der Waals surface area contributed by atoms with Gasteiger partial charge in [0.25, 0.3) is 0 Å². The number of hydrogen-bond donors (Lipinski definition) is 1. The van der Waals surface area contributed by atoms with Crippen LogP contribution >= 0.6 is 11.6 Å². The number of halogens is 1. The molecule has 0 atom stereocenters. The molecule has 1 rings (SSSR count). The highest BCUT2D eigenvalue weighted by Crippen LogP contribution is 2.11. The van der Waals surface area contributed by atoms with Gasteiger partial charge in [0.1, 0.15) is 0 Å². The molecule has 0 aliphatic heterocycles. The van der Waals surface area contributed by atoms with Crippen molar-refractivity contribution in [1.29, 1.82) is 0 Å². The zero-order chi connectivity index (χ0) is 12.0. The second-order valence-electron chi connectivity index (χ2n) is 3.17. The highest BCUT2D eigenvalue weighted by atomic mass is 35.5. The summed E-state index contributed by atoms with van der Waals surface area (Å²) in [4.78, 5) is 0.234. The maximum atomic E-state index is 11.7. The van der Waals surface area contributed by atoms with Gasteiger partial charge in [0, 0.05) is 19.5 Å². The van der Waals surface area contributed by atoms with Crippen LogP contribution in [0, 0.1) is 0 Å². The van der Waals surface area contributed by atoms with E-state index in [4.69, 9.17) is 16.3 Å². The molecule has 1 aromatic carbocycles. The Balaban J connectivity index is 2.74. The minimum absolute atomic E-state index is 0.234. The van der Waals surface area contributed by atoms with E-state index in [9.17, 15) is 8.42 Å². The summed E-state index contributed by atoms with van der Waals surface area (Å²) in [7, 11) is -1.91. The Hall–Kier alpha value is -0.620. The van der Waals surface area contributed by atoms with E-state index < -0.39 is 10.0 Å². The Labute approximate surface area is 101 Å². The van der Waals surface area contributed by atoms with Crippen LogP contribution in [0.15, 0.2) is 29.2 Å². The van der Waals surface area contributed by atoms with E-state index in [0.29, 0.717) is 12.5 Å². The predicted octanol–water partition coefficient (Wildman–Crippen LogP) is 1.35. The molecule has 1 aromatic rings. The molecule has 0 unspecified atom stereocenters. The van der Waals surface area contributed by atoms with Crippen LogP contribution in [0.3, 0.4) is 0 Å². The van der Waals surface area contributed by atoms with E-state index in [1.54, 1.807) is 12.1 Å². The van der Waals surface area contributed by atoms with Crippen molar-refractivity contribution in [2.24, 2.45) is 0 Å². The third-order valence-corrected chi connectivity index (χ3v) is 3.77. The summed E-state index contributed by atoms with van der Waals surface area (Å²) >= 11 is 5.61. The number of ether oxygens (including phenoxy) is 1. The fourth-order valence-electron chi connectivity index (χ4n) is 1.12. The summed E-state index contributed by atoms with van der Waals surface area (Å²) < 4.78 is 30.6. The molecule has 0 aromatic heterocycles. The highest BCUT2D eigenvalue weighted by Gasteiger charge is 2.12. The second-order valence-corrected chi connectivity index (χ2v) is 5.20. The Bertz CT molecular complexity index is 416. The molecule has 0 heterocycles. The maximum Gasteiger partial charge on any atom is 0.240 e. The molecule has 4 nitrogen and oxygen atoms in total. The number of alkyl halides is 1. The molecular formula is C10H14ClNO3S. The van der Waals surface area contributed by atoms with Crippen LogP contribution in [0.2, 0.25) is 0 Å². The van der Waals surface area contributed by atoms with Crippen LogP contribution in [-0.2, 0) is 20.6 Å². The quantitative estimate of drug-likeness (QED) is 0.623. The molecule has 0 bridgehead atoms. The van der Waals surface area contributed by atoms with Gasteiger partial charge >= 0.3 is 0 Å². The number of methoxy groups -OCH3 is 1. The van der Waals surface area contributed by atoms with Crippen LogP contribution in [-0.4, -0.2) is 28.7 Å². The highest BCUT2D eigenvalue weighted by molar-refractivity contribution is 7.89. The van der Waals surface area contributed by atoms with E-state index >= 15 is 0 Å². The van der Waals surface area contributed by atoms with Crippen LogP contribution < -0.4 is 4.72 Å². The van der Waals surface area contributed by atoms with Gasteiger partial charge in [-0.1, -0.05) is 12.1 Å². The largest absolute Gasteiger partial charge is 0.383 e. The Morgan fingerprint density at radius 1 is 1.31 bits per heavy atom. The lowest BCUT2D eigenvalue weighted by Crippen LogP contribution is -2.27. The van der Waals surface area contributed by atoms with Crippen LogP contribution in [0.1, 0.15) is 5.56 Å². The average molecular weight is 264 g/mol. The van der Waals surface area contributed by atoms with Gasteiger partial charge in [0.15, 0.2) is 0 Å². The van der Waals surface area contributed by atoms with Crippen molar-refractivity contribution in [2.45, 2.75) is 10.8 Å². The van der Waals surface area contributed by atoms with Crippen molar-refractivity contribution in [3.63, 3.8) is 0 Å². The second kappa shape index (κ2) is 6.20. The molecular weight excluding hydrogens is 250 g/mol. The number of benzene rings is 1. The predicted molar refractivity (Wildman–Crippen MR) is 63.1 cm³/mol. The minimum atomic E-state index is -3.43.